The molecule has 0 aromatic rings. The summed E-state index contributed by atoms with van der Waals surface area (Å²) in [6.07, 6.45) is -0.921. The first kappa shape index (κ1) is 15.6. The number of ether oxygens (including phenoxy) is 1. The molecule has 0 heterocycles. The van der Waals surface area contributed by atoms with E-state index in [0.717, 1.165) is 6.42 Å². The number of hydrogen-bond acceptors (Lipinski definition) is 4. The zero-order valence-corrected chi connectivity index (χ0v) is 13.3. The molecule has 1 amide bonds. The molecule has 2 aliphatic rings. The summed E-state index contributed by atoms with van der Waals surface area (Å²) in [6.45, 7) is 11.4. The summed E-state index contributed by atoms with van der Waals surface area (Å²) < 4.78 is 5.31. The Morgan fingerprint density at radius 1 is 1.15 bits per heavy atom. The van der Waals surface area contributed by atoms with E-state index in [1.807, 2.05) is 20.8 Å². The largest absolute Gasteiger partial charge is 0.444 e. The third-order valence-corrected chi connectivity index (χ3v) is 5.76. The Balaban J connectivity index is 2.28. The van der Waals surface area contributed by atoms with Crippen molar-refractivity contribution in [3.05, 3.63) is 0 Å². The molecule has 3 N–H and O–H groups in total. The van der Waals surface area contributed by atoms with E-state index in [1.165, 1.54) is 0 Å². The molecule has 2 rings (SSSR count). The summed E-state index contributed by atoms with van der Waals surface area (Å²) >= 11 is 0. The van der Waals surface area contributed by atoms with Crippen LogP contribution in [-0.4, -0.2) is 39.7 Å². The van der Waals surface area contributed by atoms with Crippen LogP contribution in [0.2, 0.25) is 0 Å². The lowest BCUT2D eigenvalue weighted by Crippen LogP contribution is -2.61. The number of hydrogen-bond donors (Lipinski definition) is 3. The number of alkyl carbamates (subject to hydrolysis) is 1. The van der Waals surface area contributed by atoms with Crippen molar-refractivity contribution >= 4 is 6.09 Å². The molecule has 0 aliphatic heterocycles. The monoisotopic (exact) mass is 285 g/mol. The first-order valence-corrected chi connectivity index (χ1v) is 7.25. The maximum atomic E-state index is 12.1. The van der Waals surface area contributed by atoms with Gasteiger partial charge in [0.2, 0.25) is 0 Å². The lowest BCUT2D eigenvalue weighted by molar-refractivity contribution is -0.0598. The highest BCUT2D eigenvalue weighted by Gasteiger charge is 2.74. The Bertz CT molecular complexity index is 428. The lowest BCUT2D eigenvalue weighted by atomic mass is 9.68. The van der Waals surface area contributed by atoms with Gasteiger partial charge in [0.05, 0.1) is 11.6 Å². The fourth-order valence-corrected chi connectivity index (χ4v) is 4.02. The van der Waals surface area contributed by atoms with Crippen molar-refractivity contribution in [1.82, 2.24) is 5.32 Å². The Hall–Kier alpha value is -0.810. The Morgan fingerprint density at radius 2 is 1.70 bits per heavy atom. The zero-order chi connectivity index (χ0) is 15.6. The molecule has 5 nitrogen and oxygen atoms in total. The van der Waals surface area contributed by atoms with Crippen molar-refractivity contribution in [2.75, 3.05) is 0 Å². The predicted molar refractivity (Wildman–Crippen MR) is 75.2 cm³/mol. The fourth-order valence-electron chi connectivity index (χ4n) is 4.02. The van der Waals surface area contributed by atoms with Gasteiger partial charge in [0.25, 0.3) is 0 Å². The van der Waals surface area contributed by atoms with E-state index in [2.05, 4.69) is 5.32 Å². The van der Waals surface area contributed by atoms with E-state index < -0.39 is 40.3 Å². The van der Waals surface area contributed by atoms with Crippen LogP contribution < -0.4 is 5.32 Å². The highest BCUT2D eigenvalue weighted by Crippen LogP contribution is 2.67. The van der Waals surface area contributed by atoms with Crippen molar-refractivity contribution in [2.45, 2.75) is 77.7 Å². The van der Waals surface area contributed by atoms with E-state index >= 15 is 0 Å². The molecule has 4 atom stereocenters. The molecule has 0 aromatic carbocycles. The van der Waals surface area contributed by atoms with E-state index in [-0.39, 0.29) is 0 Å². The van der Waals surface area contributed by atoms with Gasteiger partial charge in [0.15, 0.2) is 0 Å². The number of aliphatic hydroxyl groups excluding tert-OH is 2. The average Bonchev–Trinajstić information content (AvgIpc) is 2.50. The summed E-state index contributed by atoms with van der Waals surface area (Å²) in [5, 5.41) is 23.7. The molecule has 2 aliphatic carbocycles. The number of carbonyl (C=O) groups excluding carboxylic acids is 1. The molecule has 0 aromatic heterocycles. The van der Waals surface area contributed by atoms with Crippen LogP contribution in [0.5, 0.6) is 0 Å². The van der Waals surface area contributed by atoms with E-state index in [0.29, 0.717) is 6.42 Å². The fraction of sp³-hybridized carbons (Fsp3) is 0.933. The number of rotatable bonds is 1. The summed E-state index contributed by atoms with van der Waals surface area (Å²) in [7, 11) is 0. The first-order chi connectivity index (χ1) is 8.87. The van der Waals surface area contributed by atoms with Gasteiger partial charge >= 0.3 is 6.09 Å². The van der Waals surface area contributed by atoms with E-state index in [9.17, 15) is 15.0 Å². The van der Waals surface area contributed by atoms with Gasteiger partial charge in [-0.2, -0.15) is 0 Å². The molecule has 5 heteroatoms. The number of amides is 1. The molecule has 2 saturated carbocycles. The number of aliphatic hydroxyl groups is 2. The van der Waals surface area contributed by atoms with Gasteiger partial charge in [-0.15, -0.1) is 0 Å². The second kappa shape index (κ2) is 4.10. The quantitative estimate of drug-likeness (QED) is 0.686. The Labute approximate surface area is 120 Å². The Morgan fingerprint density at radius 3 is 2.10 bits per heavy atom. The predicted octanol–water partition coefficient (Wildman–Crippen LogP) is 1.81. The first-order valence-electron chi connectivity index (χ1n) is 7.25. The molecule has 20 heavy (non-hydrogen) atoms. The van der Waals surface area contributed by atoms with Gasteiger partial charge in [-0.05, 0) is 39.0 Å². The van der Waals surface area contributed by atoms with Gasteiger partial charge in [-0.25, -0.2) is 4.79 Å². The smallest absolute Gasteiger partial charge is 0.408 e. The molecule has 2 bridgehead atoms. The standard InChI is InChI=1S/C15H27NO4/c1-12(2,3)20-11(19)16-15-8-7-14(6,13(15,4)5)9(17)10(15)18/h9-10,17-18H,7-8H2,1-6H3,(H,16,19)/t9-,10-,14-,15-/m0/s1. The van der Waals surface area contributed by atoms with Crippen LogP contribution in [0.1, 0.15) is 54.4 Å². The second-order valence-electron chi connectivity index (χ2n) is 8.03. The maximum absolute atomic E-state index is 12.1. The van der Waals surface area contributed by atoms with Crippen LogP contribution in [0, 0.1) is 10.8 Å². The van der Waals surface area contributed by atoms with Crippen molar-refractivity contribution in [3.8, 4) is 0 Å². The van der Waals surface area contributed by atoms with Crippen molar-refractivity contribution in [2.24, 2.45) is 10.8 Å². The molecule has 0 saturated heterocycles. The molecule has 2 fully saturated rings. The maximum Gasteiger partial charge on any atom is 0.408 e. The molecule has 0 spiro atoms. The number of carbonyl (C=O) groups is 1. The van der Waals surface area contributed by atoms with Gasteiger partial charge in [-0.3, -0.25) is 0 Å². The normalized spacial score (nSPS) is 42.6. The van der Waals surface area contributed by atoms with E-state index in [1.54, 1.807) is 20.8 Å². The molecular weight excluding hydrogens is 258 g/mol. The Kier molecular flexibility index (Phi) is 3.20. The summed E-state index contributed by atoms with van der Waals surface area (Å²) in [5.74, 6) is 0. The van der Waals surface area contributed by atoms with Crippen LogP contribution in [0.25, 0.3) is 0 Å². The van der Waals surface area contributed by atoms with Crippen LogP contribution in [0.3, 0.4) is 0 Å². The molecule has 0 unspecified atom stereocenters. The van der Waals surface area contributed by atoms with Crippen LogP contribution in [0.15, 0.2) is 0 Å². The molecule has 116 valence electrons. The summed E-state index contributed by atoms with van der Waals surface area (Å²) in [5.41, 5.74) is -2.23. The van der Waals surface area contributed by atoms with Crippen molar-refractivity contribution in [3.63, 3.8) is 0 Å². The minimum atomic E-state index is -0.969. The molecular formula is C15H27NO4. The van der Waals surface area contributed by atoms with E-state index in [4.69, 9.17) is 4.74 Å². The molecule has 0 radical (unpaired) electrons. The number of nitrogens with one attached hydrogen (secondary N) is 1. The van der Waals surface area contributed by atoms with Crippen LogP contribution in [0.4, 0.5) is 4.79 Å². The SMILES string of the molecule is CC(C)(C)OC(=O)N[C@@]12CC[C@@](C)([C@@H](O)[C@@H]1O)C2(C)C. The van der Waals surface area contributed by atoms with Crippen molar-refractivity contribution in [1.29, 1.82) is 0 Å². The van der Waals surface area contributed by atoms with Gasteiger partial charge in [-0.1, -0.05) is 20.8 Å². The lowest BCUT2D eigenvalue weighted by Gasteiger charge is -2.42. The van der Waals surface area contributed by atoms with Crippen LogP contribution >= 0.6 is 0 Å². The third kappa shape index (κ3) is 1.79. The number of fused-ring (bicyclic) bond motifs is 2. The second-order valence-corrected chi connectivity index (χ2v) is 8.03. The highest BCUT2D eigenvalue weighted by molar-refractivity contribution is 5.69. The zero-order valence-electron chi connectivity index (χ0n) is 13.3. The summed E-state index contributed by atoms with van der Waals surface area (Å²) in [4.78, 5) is 12.1. The van der Waals surface area contributed by atoms with Crippen LogP contribution in [-0.2, 0) is 4.74 Å². The topological polar surface area (TPSA) is 78.8 Å². The highest BCUT2D eigenvalue weighted by atomic mass is 16.6. The third-order valence-electron chi connectivity index (χ3n) is 5.76. The summed E-state index contributed by atoms with van der Waals surface area (Å²) in [6, 6.07) is 0. The van der Waals surface area contributed by atoms with Gasteiger partial charge in [0, 0.05) is 5.41 Å². The average molecular weight is 285 g/mol. The van der Waals surface area contributed by atoms with Gasteiger partial charge in [0.1, 0.15) is 11.7 Å². The van der Waals surface area contributed by atoms with Crippen molar-refractivity contribution < 1.29 is 19.7 Å². The van der Waals surface area contributed by atoms with Gasteiger partial charge < -0.3 is 20.3 Å². The minimum Gasteiger partial charge on any atom is -0.444 e. The minimum absolute atomic E-state index is 0.401.